The monoisotopic (exact) mass is 270 g/mol. The number of carbonyl (C=O) groups excluding carboxylic acids is 2. The van der Waals surface area contributed by atoms with Gasteiger partial charge in [0.1, 0.15) is 0 Å². The molecule has 1 aliphatic rings. The van der Waals surface area contributed by atoms with Gasteiger partial charge in [-0.3, -0.25) is 9.59 Å². The second kappa shape index (κ2) is 8.91. The third kappa shape index (κ3) is 5.59. The van der Waals surface area contributed by atoms with Gasteiger partial charge < -0.3 is 15.8 Å². The van der Waals surface area contributed by atoms with Gasteiger partial charge in [0.05, 0.1) is 6.61 Å². The van der Waals surface area contributed by atoms with Crippen LogP contribution in [0.25, 0.3) is 0 Å². The van der Waals surface area contributed by atoms with Gasteiger partial charge in [-0.15, -0.1) is 0 Å². The van der Waals surface area contributed by atoms with Crippen LogP contribution in [0.15, 0.2) is 0 Å². The first-order chi connectivity index (χ1) is 9.19. The van der Waals surface area contributed by atoms with Crippen molar-refractivity contribution in [1.29, 1.82) is 0 Å². The number of amides is 1. The molecule has 0 aliphatic heterocycles. The maximum absolute atomic E-state index is 12.1. The number of nitrogens with one attached hydrogen (secondary N) is 1. The van der Waals surface area contributed by atoms with Crippen LogP contribution in [0.4, 0.5) is 0 Å². The summed E-state index contributed by atoms with van der Waals surface area (Å²) >= 11 is 0. The lowest BCUT2D eigenvalue weighted by atomic mass is 9.79. The van der Waals surface area contributed by atoms with Gasteiger partial charge >= 0.3 is 5.97 Å². The van der Waals surface area contributed by atoms with E-state index in [1.165, 1.54) is 6.42 Å². The average molecular weight is 270 g/mol. The molecule has 1 aliphatic carbocycles. The summed E-state index contributed by atoms with van der Waals surface area (Å²) in [5.74, 6) is 0.272. The van der Waals surface area contributed by atoms with Crippen molar-refractivity contribution in [1.82, 2.24) is 5.32 Å². The van der Waals surface area contributed by atoms with Crippen molar-refractivity contribution in [3.63, 3.8) is 0 Å². The van der Waals surface area contributed by atoms with Crippen molar-refractivity contribution in [2.24, 2.45) is 17.6 Å². The molecule has 5 heteroatoms. The van der Waals surface area contributed by atoms with E-state index >= 15 is 0 Å². The fraction of sp³-hybridized carbons (Fsp3) is 0.857. The lowest BCUT2D eigenvalue weighted by Crippen LogP contribution is -2.39. The van der Waals surface area contributed by atoms with Crippen LogP contribution in [0.5, 0.6) is 0 Å². The number of ether oxygens (including phenoxy) is 1. The van der Waals surface area contributed by atoms with E-state index in [0.29, 0.717) is 38.5 Å². The number of carbonyl (C=O) groups is 2. The summed E-state index contributed by atoms with van der Waals surface area (Å²) in [7, 11) is 0. The van der Waals surface area contributed by atoms with Crippen molar-refractivity contribution < 1.29 is 14.3 Å². The molecule has 0 saturated heterocycles. The zero-order valence-corrected chi connectivity index (χ0v) is 11.8. The SMILES string of the molecule is CCOC(=O)CCCNC(=O)C1CCCCC1CN. The van der Waals surface area contributed by atoms with Gasteiger partial charge in [0.25, 0.3) is 0 Å². The minimum absolute atomic E-state index is 0.0568. The molecule has 1 saturated carbocycles. The van der Waals surface area contributed by atoms with Crippen molar-refractivity contribution >= 4 is 11.9 Å². The molecular formula is C14H26N2O3. The zero-order chi connectivity index (χ0) is 14.1. The molecule has 0 aromatic rings. The van der Waals surface area contributed by atoms with Crippen LogP contribution in [-0.4, -0.2) is 31.6 Å². The van der Waals surface area contributed by atoms with Gasteiger partial charge in [0.2, 0.25) is 5.91 Å². The van der Waals surface area contributed by atoms with Crippen LogP contribution in [0.3, 0.4) is 0 Å². The van der Waals surface area contributed by atoms with Crippen molar-refractivity contribution in [2.75, 3.05) is 19.7 Å². The van der Waals surface area contributed by atoms with Crippen LogP contribution < -0.4 is 11.1 Å². The maximum Gasteiger partial charge on any atom is 0.305 e. The van der Waals surface area contributed by atoms with Gasteiger partial charge in [-0.05, 0) is 38.6 Å². The molecule has 3 N–H and O–H groups in total. The first kappa shape index (κ1) is 16.0. The number of hydrogen-bond acceptors (Lipinski definition) is 4. The predicted molar refractivity (Wildman–Crippen MR) is 73.4 cm³/mol. The second-order valence-electron chi connectivity index (χ2n) is 5.09. The quantitative estimate of drug-likeness (QED) is 0.538. The maximum atomic E-state index is 12.1. The largest absolute Gasteiger partial charge is 0.466 e. The Hall–Kier alpha value is -1.10. The first-order valence-electron chi connectivity index (χ1n) is 7.32. The van der Waals surface area contributed by atoms with E-state index in [0.717, 1.165) is 19.3 Å². The van der Waals surface area contributed by atoms with Crippen molar-refractivity contribution in [3.05, 3.63) is 0 Å². The molecule has 0 heterocycles. The van der Waals surface area contributed by atoms with Gasteiger partial charge in [0.15, 0.2) is 0 Å². The Labute approximate surface area is 115 Å². The summed E-state index contributed by atoms with van der Waals surface area (Å²) in [6.07, 6.45) is 5.26. The average Bonchev–Trinajstić information content (AvgIpc) is 2.43. The fourth-order valence-electron chi connectivity index (χ4n) is 2.64. The molecule has 0 aromatic heterocycles. The fourth-order valence-corrected chi connectivity index (χ4v) is 2.64. The van der Waals surface area contributed by atoms with E-state index in [2.05, 4.69) is 5.32 Å². The molecule has 0 radical (unpaired) electrons. The second-order valence-corrected chi connectivity index (χ2v) is 5.09. The van der Waals surface area contributed by atoms with Gasteiger partial charge in [0, 0.05) is 18.9 Å². The summed E-state index contributed by atoms with van der Waals surface area (Å²) in [6, 6.07) is 0. The molecule has 2 atom stereocenters. The Bertz CT molecular complexity index is 294. The van der Waals surface area contributed by atoms with Crippen LogP contribution in [0.2, 0.25) is 0 Å². The highest BCUT2D eigenvalue weighted by Gasteiger charge is 2.29. The predicted octanol–water partition coefficient (Wildman–Crippen LogP) is 1.21. The standard InChI is InChI=1S/C14H26N2O3/c1-2-19-13(17)8-5-9-16-14(18)12-7-4-3-6-11(12)10-15/h11-12H,2-10,15H2,1H3,(H,16,18). The molecule has 1 fully saturated rings. The Balaban J connectivity index is 2.21. The summed E-state index contributed by atoms with van der Waals surface area (Å²) < 4.78 is 4.83. The molecule has 1 rings (SSSR count). The molecule has 5 nitrogen and oxygen atoms in total. The van der Waals surface area contributed by atoms with Crippen LogP contribution in [-0.2, 0) is 14.3 Å². The number of nitrogens with two attached hydrogens (primary N) is 1. The highest BCUT2D eigenvalue weighted by molar-refractivity contribution is 5.79. The highest BCUT2D eigenvalue weighted by Crippen LogP contribution is 2.29. The Morgan fingerprint density at radius 2 is 2.05 bits per heavy atom. The summed E-state index contributed by atoms with van der Waals surface area (Å²) in [4.78, 5) is 23.2. The van der Waals surface area contributed by atoms with Crippen molar-refractivity contribution in [3.8, 4) is 0 Å². The molecule has 0 aromatic carbocycles. The number of rotatable bonds is 7. The smallest absolute Gasteiger partial charge is 0.305 e. The topological polar surface area (TPSA) is 81.4 Å². The minimum atomic E-state index is -0.200. The van der Waals surface area contributed by atoms with Gasteiger partial charge in [-0.25, -0.2) is 0 Å². The van der Waals surface area contributed by atoms with Crippen LogP contribution >= 0.6 is 0 Å². The molecule has 2 unspecified atom stereocenters. The van der Waals surface area contributed by atoms with E-state index in [1.54, 1.807) is 6.92 Å². The van der Waals surface area contributed by atoms with Gasteiger partial charge in [-0.1, -0.05) is 12.8 Å². The highest BCUT2D eigenvalue weighted by atomic mass is 16.5. The lowest BCUT2D eigenvalue weighted by molar-refractivity contribution is -0.143. The first-order valence-corrected chi connectivity index (χ1v) is 7.32. The third-order valence-corrected chi connectivity index (χ3v) is 3.71. The molecular weight excluding hydrogens is 244 g/mol. The molecule has 19 heavy (non-hydrogen) atoms. The third-order valence-electron chi connectivity index (χ3n) is 3.71. The van der Waals surface area contributed by atoms with Gasteiger partial charge in [-0.2, -0.15) is 0 Å². The van der Waals surface area contributed by atoms with Crippen LogP contribution in [0, 0.1) is 11.8 Å². The molecule has 0 bridgehead atoms. The molecule has 1 amide bonds. The van der Waals surface area contributed by atoms with E-state index in [-0.39, 0.29) is 17.8 Å². The van der Waals surface area contributed by atoms with E-state index in [1.807, 2.05) is 0 Å². The minimum Gasteiger partial charge on any atom is -0.466 e. The lowest BCUT2D eigenvalue weighted by Gasteiger charge is -2.29. The summed E-state index contributed by atoms with van der Waals surface area (Å²) in [5.41, 5.74) is 5.72. The zero-order valence-electron chi connectivity index (χ0n) is 11.8. The van der Waals surface area contributed by atoms with E-state index < -0.39 is 0 Å². The van der Waals surface area contributed by atoms with E-state index in [4.69, 9.17) is 10.5 Å². The van der Waals surface area contributed by atoms with Crippen molar-refractivity contribution in [2.45, 2.75) is 45.4 Å². The molecule has 110 valence electrons. The Kier molecular flexibility index (Phi) is 7.48. The molecule has 0 spiro atoms. The van der Waals surface area contributed by atoms with Crippen LogP contribution in [0.1, 0.15) is 45.4 Å². The summed E-state index contributed by atoms with van der Waals surface area (Å²) in [6.45, 7) is 3.31. The summed E-state index contributed by atoms with van der Waals surface area (Å²) in [5, 5.41) is 2.91. The Morgan fingerprint density at radius 1 is 1.32 bits per heavy atom. The Morgan fingerprint density at radius 3 is 2.74 bits per heavy atom. The number of esters is 1. The normalized spacial score (nSPS) is 22.8. The van der Waals surface area contributed by atoms with E-state index in [9.17, 15) is 9.59 Å². The number of hydrogen-bond donors (Lipinski definition) is 2.